The Balaban J connectivity index is 1.29. The van der Waals surface area contributed by atoms with Gasteiger partial charge in [0.1, 0.15) is 0 Å². The van der Waals surface area contributed by atoms with E-state index in [9.17, 15) is 28.5 Å². The maximum atomic E-state index is 13.8. The number of hydrogen-bond acceptors (Lipinski definition) is 6. The Kier molecular flexibility index (Phi) is 13.7. The third-order valence-corrected chi connectivity index (χ3v) is 11.9. The number of anilines is 3. The molecule has 4 aromatic carbocycles. The number of aryl methyl sites for hydroxylation is 2. The number of amides is 2. The number of carbonyl (C=O) groups is 4. The van der Waals surface area contributed by atoms with Crippen LogP contribution in [0.4, 0.5) is 17.1 Å². The number of rotatable bonds is 16. The predicted octanol–water partition coefficient (Wildman–Crippen LogP) is 7.46. The molecule has 0 bridgehead atoms. The minimum atomic E-state index is -2.01. The van der Waals surface area contributed by atoms with Gasteiger partial charge in [-0.1, -0.05) is 34.5 Å². The van der Waals surface area contributed by atoms with Gasteiger partial charge in [-0.3, -0.25) is 14.4 Å². The number of carbonyl (C=O) groups excluding carboxylic acids is 2. The number of hydrogen-bond donors (Lipinski definition) is 4. The fraction of sp³-hybridized carbons (Fsp3) is 0.333. The van der Waals surface area contributed by atoms with Gasteiger partial charge in [0.2, 0.25) is 0 Å². The van der Waals surface area contributed by atoms with Crippen LogP contribution in [0.5, 0.6) is 0 Å². The van der Waals surface area contributed by atoms with Crippen molar-refractivity contribution in [3.05, 3.63) is 119 Å². The lowest BCUT2D eigenvalue weighted by Gasteiger charge is -2.30. The molecule has 1 fully saturated rings. The second-order valence-electron chi connectivity index (χ2n) is 13.4. The zero-order valence-electron chi connectivity index (χ0n) is 31.0. The van der Waals surface area contributed by atoms with Crippen molar-refractivity contribution < 1.29 is 33.6 Å². The number of carboxylic acid groups (broad SMARTS) is 2. The topological polar surface area (TPSA) is 156 Å². The number of benzene rings is 4. The monoisotopic (exact) mass is 753 g/mol. The molecule has 0 spiro atoms. The van der Waals surface area contributed by atoms with Crippen molar-refractivity contribution in [2.24, 2.45) is 5.92 Å². The zero-order valence-corrected chi connectivity index (χ0v) is 31.9. The highest BCUT2D eigenvalue weighted by Crippen LogP contribution is 2.31. The fourth-order valence-electron chi connectivity index (χ4n) is 6.94. The molecular weight excluding hydrogens is 705 g/mol. The largest absolute Gasteiger partial charge is 0.481 e. The molecule has 12 heteroatoms. The quantitative estimate of drug-likeness (QED) is 0.0679. The predicted molar refractivity (Wildman–Crippen MR) is 213 cm³/mol. The van der Waals surface area contributed by atoms with Gasteiger partial charge in [0, 0.05) is 42.6 Å². The number of nitrogens with zero attached hydrogens (tertiary/aromatic N) is 2. The summed E-state index contributed by atoms with van der Waals surface area (Å²) in [5, 5.41) is 24.4. The van der Waals surface area contributed by atoms with Gasteiger partial charge in [-0.25, -0.2) is 4.79 Å². The van der Waals surface area contributed by atoms with Crippen LogP contribution in [0, 0.1) is 5.92 Å². The Morgan fingerprint density at radius 2 is 1.33 bits per heavy atom. The molecule has 1 saturated carbocycles. The molecule has 4 aromatic rings. The van der Waals surface area contributed by atoms with E-state index >= 15 is 0 Å². The molecule has 2 amide bonds. The van der Waals surface area contributed by atoms with Crippen molar-refractivity contribution in [1.29, 1.82) is 0 Å². The number of aliphatic carboxylic acids is 1. The normalized spacial score (nSPS) is 16.0. The average molecular weight is 754 g/mol. The third kappa shape index (κ3) is 10.00. The summed E-state index contributed by atoms with van der Waals surface area (Å²) >= 11 is 0. The lowest BCUT2D eigenvalue weighted by molar-refractivity contribution is -0.143. The molecule has 1 atom stereocenters. The van der Waals surface area contributed by atoms with Crippen LogP contribution < -0.4 is 15.5 Å². The molecule has 54 heavy (non-hydrogen) atoms. The Labute approximate surface area is 319 Å². The number of nitrogens with one attached hydrogen (secondary N) is 2. The van der Waals surface area contributed by atoms with Crippen LogP contribution in [0.25, 0.3) is 0 Å². The van der Waals surface area contributed by atoms with E-state index in [1.807, 2.05) is 67.5 Å². The van der Waals surface area contributed by atoms with Gasteiger partial charge in [0.05, 0.1) is 28.8 Å². The second kappa shape index (κ2) is 18.6. The van der Waals surface area contributed by atoms with Crippen LogP contribution in [-0.2, 0) is 32.8 Å². The highest BCUT2D eigenvalue weighted by Gasteiger charge is 2.34. The maximum absolute atomic E-state index is 13.8. The Morgan fingerprint density at radius 3 is 1.91 bits per heavy atom. The van der Waals surface area contributed by atoms with Gasteiger partial charge >= 0.3 is 11.9 Å². The van der Waals surface area contributed by atoms with Crippen molar-refractivity contribution in [3.8, 4) is 0 Å². The maximum Gasteiger partial charge on any atom is 0.335 e. The Morgan fingerprint density at radius 1 is 0.704 bits per heavy atom. The molecule has 4 N–H and O–H groups in total. The van der Waals surface area contributed by atoms with Crippen LogP contribution in [0.1, 0.15) is 88.7 Å². The highest BCUT2D eigenvalue weighted by atomic mass is 32.2. The molecule has 0 aromatic heterocycles. The number of aromatic carboxylic acids is 1. The van der Waals surface area contributed by atoms with E-state index in [4.69, 9.17) is 5.11 Å². The van der Waals surface area contributed by atoms with E-state index in [-0.39, 0.29) is 23.1 Å². The number of thiol groups is 1. The van der Waals surface area contributed by atoms with Crippen LogP contribution in [0.3, 0.4) is 0 Å². The van der Waals surface area contributed by atoms with Gasteiger partial charge in [-0.05, 0) is 125 Å². The zero-order chi connectivity index (χ0) is 38.8. The van der Waals surface area contributed by atoms with Crippen molar-refractivity contribution in [2.45, 2.75) is 70.2 Å². The summed E-state index contributed by atoms with van der Waals surface area (Å²) < 4.78 is 15.7. The summed E-state index contributed by atoms with van der Waals surface area (Å²) in [6, 6.07) is 26.4. The summed E-state index contributed by atoms with van der Waals surface area (Å²) in [7, 11) is -2.01. The molecule has 1 aliphatic carbocycles. The van der Waals surface area contributed by atoms with Crippen LogP contribution in [-0.4, -0.2) is 63.9 Å². The SMILES string of the molecule is CCN(CC)c1ccc(NC(=O)c2cccc([SH+](=O)N(CC)C3CCC(C(=O)O)CC3)c2)c(C(=O)Nc2ccc(CCc3ccc(C(=O)O)cc3)cc2)c1. The van der Waals surface area contributed by atoms with E-state index in [0.29, 0.717) is 54.1 Å². The van der Waals surface area contributed by atoms with Gasteiger partial charge in [0.15, 0.2) is 15.9 Å². The van der Waals surface area contributed by atoms with Crippen molar-refractivity contribution >= 4 is 51.8 Å². The fourth-order valence-corrected chi connectivity index (χ4v) is 8.48. The summed E-state index contributed by atoms with van der Waals surface area (Å²) in [5.74, 6) is -2.94. The average Bonchev–Trinajstić information content (AvgIpc) is 3.19. The highest BCUT2D eigenvalue weighted by molar-refractivity contribution is 7.82. The van der Waals surface area contributed by atoms with E-state index in [1.165, 1.54) is 0 Å². The van der Waals surface area contributed by atoms with Gasteiger partial charge in [0.25, 0.3) is 11.8 Å². The van der Waals surface area contributed by atoms with Gasteiger partial charge in [-0.2, -0.15) is 0 Å². The summed E-state index contributed by atoms with van der Waals surface area (Å²) in [6.45, 7) is 7.99. The first kappa shape index (κ1) is 39.9. The first-order valence-corrected chi connectivity index (χ1v) is 19.7. The smallest absolute Gasteiger partial charge is 0.335 e. The summed E-state index contributed by atoms with van der Waals surface area (Å²) in [4.78, 5) is 52.7. The van der Waals surface area contributed by atoms with Crippen molar-refractivity contribution in [1.82, 2.24) is 4.31 Å². The lowest BCUT2D eigenvalue weighted by atomic mass is 9.86. The lowest BCUT2D eigenvalue weighted by Crippen LogP contribution is -2.40. The van der Waals surface area contributed by atoms with Crippen molar-refractivity contribution in [3.63, 3.8) is 0 Å². The third-order valence-electron chi connectivity index (χ3n) is 10.1. The summed E-state index contributed by atoms with van der Waals surface area (Å²) in [6.07, 6.45) is 3.87. The van der Waals surface area contributed by atoms with E-state index in [2.05, 4.69) is 15.5 Å². The van der Waals surface area contributed by atoms with Gasteiger partial charge < -0.3 is 25.7 Å². The van der Waals surface area contributed by atoms with E-state index < -0.39 is 34.7 Å². The molecule has 1 unspecified atom stereocenters. The molecule has 11 nitrogen and oxygen atoms in total. The molecule has 5 rings (SSSR count). The summed E-state index contributed by atoms with van der Waals surface area (Å²) in [5.41, 5.74) is 4.69. The minimum Gasteiger partial charge on any atom is -0.481 e. The molecular formula is C42H49N4O7S+. The molecule has 284 valence electrons. The Bertz CT molecular complexity index is 1970. The van der Waals surface area contributed by atoms with Crippen LogP contribution in [0.2, 0.25) is 0 Å². The molecule has 0 aliphatic heterocycles. The van der Waals surface area contributed by atoms with E-state index in [0.717, 1.165) is 42.7 Å². The number of carboxylic acids is 2. The van der Waals surface area contributed by atoms with E-state index in [1.54, 1.807) is 48.5 Å². The minimum absolute atomic E-state index is 0.00160. The standard InChI is InChI=1S/C42H48N4O7S/c1-4-45(5-2)35-24-25-38(37(27-35)40(48)43-33-20-14-29(15-21-33)11-10-28-12-16-30(17-13-28)41(49)50)44-39(47)32-8-7-9-36(26-32)54(53)46(6-3)34-22-18-31(19-23-34)42(51)52/h7-9,12-17,20-21,24-27,31,34H,4-6,10-11,18-19,22-23H2,1-3H3,(H,43,48)(H,44,47)(H,49,50)(H,51,52)/p+1. The second-order valence-corrected chi connectivity index (χ2v) is 15.0. The molecule has 0 saturated heterocycles. The van der Waals surface area contributed by atoms with Crippen molar-refractivity contribution in [2.75, 3.05) is 35.2 Å². The Hall–Kier alpha value is -5.33. The van der Waals surface area contributed by atoms with Gasteiger partial charge in [-0.15, -0.1) is 4.31 Å². The molecule has 0 heterocycles. The molecule has 0 radical (unpaired) electrons. The molecule has 1 aliphatic rings. The van der Waals surface area contributed by atoms with Crippen LogP contribution in [0.15, 0.2) is 95.9 Å². The first-order chi connectivity index (χ1) is 26.0. The van der Waals surface area contributed by atoms with Crippen LogP contribution >= 0.6 is 0 Å². The first-order valence-electron chi connectivity index (χ1n) is 18.5.